The van der Waals surface area contributed by atoms with Gasteiger partial charge in [0, 0.05) is 55.8 Å². The van der Waals surface area contributed by atoms with Crippen molar-refractivity contribution in [3.63, 3.8) is 0 Å². The number of methoxy groups -OCH3 is 1. The molecule has 1 aromatic heterocycles. The molecule has 1 fully saturated rings. The molecular weight excluding hydrogens is 764 g/mol. The number of fused-ring (bicyclic) bond motifs is 1. The summed E-state index contributed by atoms with van der Waals surface area (Å²) in [7, 11) is 1.30. The van der Waals surface area contributed by atoms with Crippen molar-refractivity contribution in [2.45, 2.75) is 83.0 Å². The zero-order valence-electron chi connectivity index (χ0n) is 32.9. The fourth-order valence-corrected chi connectivity index (χ4v) is 7.86. The van der Waals surface area contributed by atoms with Gasteiger partial charge in [0.25, 0.3) is 0 Å². The van der Waals surface area contributed by atoms with Crippen molar-refractivity contribution in [1.82, 2.24) is 15.2 Å². The van der Waals surface area contributed by atoms with Crippen LogP contribution in [0, 0.1) is 18.3 Å². The Bertz CT molecular complexity index is 2150. The largest absolute Gasteiger partial charge is 0.493 e. The molecule has 2 heterocycles. The lowest BCUT2D eigenvalue weighted by molar-refractivity contribution is -0.167. The van der Waals surface area contributed by atoms with Gasteiger partial charge in [0.2, 0.25) is 0 Å². The van der Waals surface area contributed by atoms with E-state index in [0.29, 0.717) is 72.2 Å². The summed E-state index contributed by atoms with van der Waals surface area (Å²) < 4.78 is 23.9. The van der Waals surface area contributed by atoms with E-state index in [4.69, 9.17) is 30.5 Å². The minimum absolute atomic E-state index is 0.0353. The van der Waals surface area contributed by atoms with Crippen LogP contribution in [-0.2, 0) is 33.9 Å². The van der Waals surface area contributed by atoms with E-state index in [1.54, 1.807) is 24.4 Å². The number of aromatic nitrogens is 1. The van der Waals surface area contributed by atoms with Crippen LogP contribution < -0.4 is 19.5 Å². The number of rotatable bonds is 17. The number of nitrogens with one attached hydrogen (secondary N) is 1. The van der Waals surface area contributed by atoms with E-state index in [9.17, 15) is 30.2 Å². The normalized spacial score (nSPS) is 17.1. The lowest BCUT2D eigenvalue weighted by atomic mass is 9.91. The van der Waals surface area contributed by atoms with E-state index in [2.05, 4.69) is 46.4 Å². The average molecular weight is 813 g/mol. The smallest absolute Gasteiger partial charge is 0.337 e. The second kappa shape index (κ2) is 19.0. The molecule has 58 heavy (non-hydrogen) atoms. The van der Waals surface area contributed by atoms with Gasteiger partial charge in [-0.15, -0.1) is 0 Å². The summed E-state index contributed by atoms with van der Waals surface area (Å²) in [4.78, 5) is 30.1. The number of piperidine rings is 1. The second-order valence-corrected chi connectivity index (χ2v) is 15.2. The zero-order valence-corrected chi connectivity index (χ0v) is 33.6. The summed E-state index contributed by atoms with van der Waals surface area (Å²) in [6.07, 6.45) is 4.60. The number of hydrogen-bond donors (Lipinski definition) is 4. The highest BCUT2D eigenvalue weighted by Crippen LogP contribution is 2.44. The standard InChI is InChI=1S/C44H49ClN4O9/c1-27-32(7-5-10-37(27)56-18-6-15-49-16-13-44(54,14-17-49)43(53)55-3)33-8-4-9-35-34(33)11-12-38(35)58-40-21-39(57-26-30-19-29(22-46)23-47-24-30)31(20-36(40)45)25-48-41(28(2)50)42(51)52/h4-5,7-10,19-21,23-24,28,38,41,48,50,54H,6,11-18,25-26H2,1-3H3,(H,51,52)/t28-,38+,41+/m1/s1. The van der Waals surface area contributed by atoms with Gasteiger partial charge in [-0.1, -0.05) is 41.9 Å². The minimum atomic E-state index is -1.40. The highest BCUT2D eigenvalue weighted by atomic mass is 35.5. The number of benzene rings is 3. The minimum Gasteiger partial charge on any atom is -0.493 e. The summed E-state index contributed by atoms with van der Waals surface area (Å²) in [6, 6.07) is 18.2. The molecule has 1 aliphatic heterocycles. The first-order valence-corrected chi connectivity index (χ1v) is 19.8. The lowest BCUT2D eigenvalue weighted by Crippen LogP contribution is -2.50. The molecule has 0 bridgehead atoms. The molecular formula is C44H49ClN4O9. The number of nitrogens with zero attached hydrogens (tertiary/aromatic N) is 3. The number of carboxylic acids is 1. The highest BCUT2D eigenvalue weighted by molar-refractivity contribution is 6.32. The fraction of sp³-hybridized carbons (Fsp3) is 0.409. The predicted octanol–water partition coefficient (Wildman–Crippen LogP) is 5.92. The first-order chi connectivity index (χ1) is 27.9. The van der Waals surface area contributed by atoms with Gasteiger partial charge in [-0.2, -0.15) is 5.26 Å². The van der Waals surface area contributed by atoms with Gasteiger partial charge < -0.3 is 39.2 Å². The van der Waals surface area contributed by atoms with E-state index in [1.165, 1.54) is 25.8 Å². The number of hydrogen-bond acceptors (Lipinski definition) is 12. The van der Waals surface area contributed by atoms with Crippen LogP contribution >= 0.6 is 11.6 Å². The molecule has 0 amide bonds. The Kier molecular flexibility index (Phi) is 13.9. The molecule has 13 nitrogen and oxygen atoms in total. The van der Waals surface area contributed by atoms with Crippen LogP contribution in [0.2, 0.25) is 5.02 Å². The van der Waals surface area contributed by atoms with Crippen LogP contribution in [0.4, 0.5) is 0 Å². The number of aliphatic hydroxyl groups excluding tert-OH is 1. The Morgan fingerprint density at radius 3 is 2.55 bits per heavy atom. The van der Waals surface area contributed by atoms with E-state index in [-0.39, 0.29) is 19.3 Å². The molecule has 6 rings (SSSR count). The maximum Gasteiger partial charge on any atom is 0.337 e. The number of pyridine rings is 1. The SMILES string of the molecule is COC(=O)C1(O)CCN(CCCOc2cccc(-c3cccc4c3CC[C@@H]4Oc3cc(OCc4cncc(C#N)c4)c(CN[C@H](C(=O)O)[C@@H](C)O)cc3Cl)c2C)CC1. The first kappa shape index (κ1) is 42.4. The molecule has 0 saturated carbocycles. The van der Waals surface area contributed by atoms with Gasteiger partial charge in [-0.3, -0.25) is 15.1 Å². The van der Waals surface area contributed by atoms with E-state index in [1.807, 2.05) is 18.2 Å². The summed E-state index contributed by atoms with van der Waals surface area (Å²) >= 11 is 6.83. The summed E-state index contributed by atoms with van der Waals surface area (Å²) in [5.41, 5.74) is 5.66. The van der Waals surface area contributed by atoms with Crippen LogP contribution in [-0.4, -0.2) is 88.2 Å². The van der Waals surface area contributed by atoms with Crippen molar-refractivity contribution in [1.29, 1.82) is 5.26 Å². The number of aliphatic hydroxyl groups is 2. The van der Waals surface area contributed by atoms with Gasteiger partial charge in [0.1, 0.15) is 42.1 Å². The van der Waals surface area contributed by atoms with Crippen molar-refractivity contribution in [2.24, 2.45) is 0 Å². The van der Waals surface area contributed by atoms with Crippen LogP contribution in [0.3, 0.4) is 0 Å². The lowest BCUT2D eigenvalue weighted by Gasteiger charge is -2.36. The van der Waals surface area contributed by atoms with E-state index >= 15 is 0 Å². The number of halogens is 1. The van der Waals surface area contributed by atoms with Gasteiger partial charge in [0.05, 0.1) is 30.4 Å². The number of nitriles is 1. The van der Waals surface area contributed by atoms with Gasteiger partial charge in [0.15, 0.2) is 5.60 Å². The zero-order chi connectivity index (χ0) is 41.4. The highest BCUT2D eigenvalue weighted by Gasteiger charge is 2.40. The molecule has 4 aromatic rings. The topological polar surface area (TPSA) is 184 Å². The third-order valence-corrected chi connectivity index (χ3v) is 11.2. The number of carbonyl (C=O) groups is 2. The van der Waals surface area contributed by atoms with Crippen molar-refractivity contribution in [2.75, 3.05) is 33.4 Å². The van der Waals surface area contributed by atoms with Crippen LogP contribution in [0.1, 0.15) is 72.1 Å². The van der Waals surface area contributed by atoms with Gasteiger partial charge >= 0.3 is 11.9 Å². The molecule has 0 radical (unpaired) electrons. The van der Waals surface area contributed by atoms with E-state index < -0.39 is 29.7 Å². The monoisotopic (exact) mass is 812 g/mol. The van der Waals surface area contributed by atoms with Crippen LogP contribution in [0.5, 0.6) is 17.2 Å². The summed E-state index contributed by atoms with van der Waals surface area (Å²) in [6.45, 7) is 6.13. The second-order valence-electron chi connectivity index (χ2n) is 14.8. The first-order valence-electron chi connectivity index (χ1n) is 19.4. The van der Waals surface area contributed by atoms with Crippen LogP contribution in [0.15, 0.2) is 67.0 Å². The number of carbonyl (C=O) groups excluding carboxylic acids is 1. The van der Waals surface area contributed by atoms with Crippen molar-refractivity contribution in [3.05, 3.63) is 105 Å². The molecule has 306 valence electrons. The van der Waals surface area contributed by atoms with Crippen LogP contribution in [0.25, 0.3) is 11.1 Å². The number of carboxylic acid groups (broad SMARTS) is 1. The predicted molar refractivity (Wildman–Crippen MR) is 216 cm³/mol. The third-order valence-electron chi connectivity index (χ3n) is 10.9. The molecule has 4 N–H and O–H groups in total. The number of likely N-dealkylation sites (tertiary alicyclic amines) is 1. The Balaban J connectivity index is 1.15. The molecule has 3 aromatic carbocycles. The number of esters is 1. The summed E-state index contributed by atoms with van der Waals surface area (Å²) in [5.74, 6) is -0.160. The van der Waals surface area contributed by atoms with Gasteiger partial charge in [-0.25, -0.2) is 4.79 Å². The fourth-order valence-electron chi connectivity index (χ4n) is 7.63. The maximum absolute atomic E-state index is 11.9. The van der Waals surface area contributed by atoms with Crippen molar-refractivity contribution < 1.29 is 43.9 Å². The number of ether oxygens (including phenoxy) is 4. The van der Waals surface area contributed by atoms with Gasteiger partial charge in [-0.05, 0) is 92.0 Å². The van der Waals surface area contributed by atoms with E-state index in [0.717, 1.165) is 47.4 Å². The maximum atomic E-state index is 11.9. The molecule has 0 unspecified atom stereocenters. The molecule has 1 saturated heterocycles. The van der Waals surface area contributed by atoms with Crippen molar-refractivity contribution in [3.8, 4) is 34.4 Å². The molecule has 2 aliphatic rings. The molecule has 14 heteroatoms. The molecule has 3 atom stereocenters. The Morgan fingerprint density at radius 2 is 1.83 bits per heavy atom. The van der Waals surface area contributed by atoms with Crippen molar-refractivity contribution >= 4 is 23.5 Å². The molecule has 0 spiro atoms. The average Bonchev–Trinajstić information content (AvgIpc) is 3.63. The Morgan fingerprint density at radius 1 is 1.07 bits per heavy atom. The Labute approximate surface area is 343 Å². The quantitative estimate of drug-likeness (QED) is 0.0729. The third kappa shape index (κ3) is 9.89. The Hall–Kier alpha value is -5.23. The summed E-state index contributed by atoms with van der Waals surface area (Å²) in [5, 5.41) is 42.7. The molecule has 1 aliphatic carbocycles. The number of aliphatic carboxylic acids is 1.